The number of aliphatic imine (C=N–C) groups is 1. The zero-order valence-electron chi connectivity index (χ0n) is 16.7. The van der Waals surface area contributed by atoms with Crippen molar-refractivity contribution in [2.24, 2.45) is 4.99 Å². The molecule has 0 heterocycles. The third-order valence-corrected chi connectivity index (χ3v) is 4.25. The molecule has 0 amide bonds. The molecule has 0 unspecified atom stereocenters. The number of phenols is 1. The largest absolute Gasteiger partial charge is 0.508 e. The molecule has 2 aromatic rings. The Hall–Kier alpha value is -2.16. The zero-order valence-corrected chi connectivity index (χ0v) is 19.0. The van der Waals surface area contributed by atoms with Crippen molar-refractivity contribution in [2.75, 3.05) is 34.4 Å². The Kier molecular flexibility index (Phi) is 11.2. The van der Waals surface area contributed by atoms with Crippen molar-refractivity contribution in [2.45, 2.75) is 19.3 Å². The van der Waals surface area contributed by atoms with Crippen molar-refractivity contribution in [3.8, 4) is 17.2 Å². The maximum atomic E-state index is 9.30. The molecule has 0 aliphatic heterocycles. The standard InChI is InChI=1S/C21H29N3O3.HI/c1-22-21(23-13-4-5-16-6-9-18(25)10-7-16)24-14-12-17-8-11-19(26-2)20(15-17)27-3;/h6-11,15,25H,4-5,12-14H2,1-3H3,(H2,22,23,24);1H. The van der Waals surface area contributed by atoms with Crippen molar-refractivity contribution in [3.05, 3.63) is 53.6 Å². The molecule has 28 heavy (non-hydrogen) atoms. The van der Waals surface area contributed by atoms with Crippen LogP contribution in [0.5, 0.6) is 17.2 Å². The first-order valence-corrected chi connectivity index (χ1v) is 9.09. The molecule has 0 aliphatic carbocycles. The van der Waals surface area contributed by atoms with Gasteiger partial charge >= 0.3 is 0 Å². The molecule has 7 heteroatoms. The van der Waals surface area contributed by atoms with Gasteiger partial charge in [0.05, 0.1) is 14.2 Å². The number of rotatable bonds is 9. The summed E-state index contributed by atoms with van der Waals surface area (Å²) in [6.07, 6.45) is 2.80. The van der Waals surface area contributed by atoms with Crippen LogP contribution in [0.3, 0.4) is 0 Å². The quantitative estimate of drug-likeness (QED) is 0.214. The second kappa shape index (κ2) is 13.1. The fraction of sp³-hybridized carbons (Fsp3) is 0.381. The van der Waals surface area contributed by atoms with Gasteiger partial charge < -0.3 is 25.2 Å². The summed E-state index contributed by atoms with van der Waals surface area (Å²) in [5.41, 5.74) is 2.38. The first-order chi connectivity index (χ1) is 13.2. The van der Waals surface area contributed by atoms with Crippen molar-refractivity contribution < 1.29 is 14.6 Å². The number of halogens is 1. The van der Waals surface area contributed by atoms with Gasteiger partial charge in [0.2, 0.25) is 0 Å². The van der Waals surface area contributed by atoms with Crippen molar-refractivity contribution in [1.29, 1.82) is 0 Å². The summed E-state index contributed by atoms with van der Waals surface area (Å²) >= 11 is 0. The number of aryl methyl sites for hydroxylation is 1. The molecule has 0 radical (unpaired) electrons. The molecule has 0 atom stereocenters. The van der Waals surface area contributed by atoms with E-state index in [0.717, 1.165) is 49.8 Å². The third-order valence-electron chi connectivity index (χ3n) is 4.25. The maximum Gasteiger partial charge on any atom is 0.190 e. The normalized spacial score (nSPS) is 10.8. The summed E-state index contributed by atoms with van der Waals surface area (Å²) in [7, 11) is 5.05. The average molecular weight is 499 g/mol. The number of nitrogens with zero attached hydrogens (tertiary/aromatic N) is 1. The van der Waals surface area contributed by atoms with Gasteiger partial charge in [0.15, 0.2) is 17.5 Å². The van der Waals surface area contributed by atoms with Crippen LogP contribution in [0, 0.1) is 0 Å². The van der Waals surface area contributed by atoms with E-state index < -0.39 is 0 Å². The number of phenolic OH excluding ortho intramolecular Hbond substituents is 1. The van der Waals surface area contributed by atoms with Crippen molar-refractivity contribution in [1.82, 2.24) is 10.6 Å². The highest BCUT2D eigenvalue weighted by atomic mass is 127. The molecule has 2 rings (SSSR count). The van der Waals surface area contributed by atoms with E-state index >= 15 is 0 Å². The van der Waals surface area contributed by atoms with Crippen LogP contribution in [-0.2, 0) is 12.8 Å². The van der Waals surface area contributed by atoms with E-state index in [1.165, 1.54) is 11.1 Å². The minimum Gasteiger partial charge on any atom is -0.508 e. The van der Waals surface area contributed by atoms with Gasteiger partial charge in [-0.1, -0.05) is 18.2 Å². The van der Waals surface area contributed by atoms with Crippen LogP contribution in [0.25, 0.3) is 0 Å². The van der Waals surface area contributed by atoms with Crippen LogP contribution in [0.1, 0.15) is 17.5 Å². The fourth-order valence-corrected chi connectivity index (χ4v) is 2.74. The summed E-state index contributed by atoms with van der Waals surface area (Å²) in [4.78, 5) is 4.25. The van der Waals surface area contributed by atoms with Crippen LogP contribution >= 0.6 is 24.0 Å². The molecule has 6 nitrogen and oxygen atoms in total. The summed E-state index contributed by atoms with van der Waals surface area (Å²) in [5.74, 6) is 2.57. The Morgan fingerprint density at radius 3 is 2.18 bits per heavy atom. The molecule has 0 saturated heterocycles. The van der Waals surface area contributed by atoms with Gasteiger partial charge in [-0.3, -0.25) is 4.99 Å². The van der Waals surface area contributed by atoms with Gasteiger partial charge in [-0.05, 0) is 54.7 Å². The molecule has 3 N–H and O–H groups in total. The monoisotopic (exact) mass is 499 g/mol. The summed E-state index contributed by atoms with van der Waals surface area (Å²) in [6, 6.07) is 13.3. The number of guanidine groups is 1. The van der Waals surface area contributed by atoms with E-state index in [2.05, 4.69) is 15.6 Å². The van der Waals surface area contributed by atoms with E-state index in [1.54, 1.807) is 33.4 Å². The van der Waals surface area contributed by atoms with E-state index in [1.807, 2.05) is 30.3 Å². The molecule has 0 spiro atoms. The van der Waals surface area contributed by atoms with Crippen LogP contribution in [-0.4, -0.2) is 45.4 Å². The lowest BCUT2D eigenvalue weighted by Crippen LogP contribution is -2.38. The van der Waals surface area contributed by atoms with Gasteiger partial charge in [-0.15, -0.1) is 24.0 Å². The van der Waals surface area contributed by atoms with Gasteiger partial charge in [0.1, 0.15) is 5.75 Å². The highest BCUT2D eigenvalue weighted by Crippen LogP contribution is 2.27. The molecule has 0 bridgehead atoms. The minimum absolute atomic E-state index is 0. The Bertz CT molecular complexity index is 736. The Morgan fingerprint density at radius 2 is 1.54 bits per heavy atom. The van der Waals surface area contributed by atoms with Crippen LogP contribution in [0.15, 0.2) is 47.5 Å². The predicted molar refractivity (Wildman–Crippen MR) is 124 cm³/mol. The topological polar surface area (TPSA) is 75.1 Å². The predicted octanol–water partition coefficient (Wildman–Crippen LogP) is 3.37. The van der Waals surface area contributed by atoms with E-state index in [4.69, 9.17) is 9.47 Å². The first-order valence-electron chi connectivity index (χ1n) is 9.09. The molecule has 0 fully saturated rings. The van der Waals surface area contributed by atoms with Gasteiger partial charge in [-0.25, -0.2) is 0 Å². The summed E-state index contributed by atoms with van der Waals surface area (Å²) in [6.45, 7) is 1.60. The number of benzene rings is 2. The molecule has 154 valence electrons. The number of hydrogen-bond acceptors (Lipinski definition) is 4. The lowest BCUT2D eigenvalue weighted by molar-refractivity contribution is 0.354. The van der Waals surface area contributed by atoms with Crippen LogP contribution in [0.4, 0.5) is 0 Å². The lowest BCUT2D eigenvalue weighted by Gasteiger charge is -2.13. The molecule has 0 aliphatic rings. The number of aromatic hydroxyl groups is 1. The number of hydrogen-bond donors (Lipinski definition) is 3. The van der Waals surface area contributed by atoms with Gasteiger partial charge in [0, 0.05) is 20.1 Å². The zero-order chi connectivity index (χ0) is 19.5. The average Bonchev–Trinajstić information content (AvgIpc) is 2.70. The van der Waals surface area contributed by atoms with E-state index in [-0.39, 0.29) is 24.0 Å². The molecule has 2 aromatic carbocycles. The molecule has 0 aromatic heterocycles. The number of methoxy groups -OCH3 is 2. The minimum atomic E-state index is 0. The molecular weight excluding hydrogens is 469 g/mol. The second-order valence-corrected chi connectivity index (χ2v) is 6.14. The Labute approximate surface area is 184 Å². The maximum absolute atomic E-state index is 9.30. The highest BCUT2D eigenvalue weighted by Gasteiger charge is 2.05. The van der Waals surface area contributed by atoms with Gasteiger partial charge in [0.25, 0.3) is 0 Å². The number of ether oxygens (including phenoxy) is 2. The SMILES string of the molecule is CN=C(NCCCc1ccc(O)cc1)NCCc1ccc(OC)c(OC)c1.I. The fourth-order valence-electron chi connectivity index (χ4n) is 2.74. The summed E-state index contributed by atoms with van der Waals surface area (Å²) in [5, 5.41) is 16.0. The highest BCUT2D eigenvalue weighted by molar-refractivity contribution is 14.0. The second-order valence-electron chi connectivity index (χ2n) is 6.14. The Morgan fingerprint density at radius 1 is 0.893 bits per heavy atom. The van der Waals surface area contributed by atoms with Crippen molar-refractivity contribution >= 4 is 29.9 Å². The van der Waals surface area contributed by atoms with E-state index in [0.29, 0.717) is 5.75 Å². The van der Waals surface area contributed by atoms with Crippen LogP contribution in [0.2, 0.25) is 0 Å². The smallest absolute Gasteiger partial charge is 0.190 e. The third kappa shape index (κ3) is 7.84. The lowest BCUT2D eigenvalue weighted by atomic mass is 10.1. The van der Waals surface area contributed by atoms with Gasteiger partial charge in [-0.2, -0.15) is 0 Å². The summed E-state index contributed by atoms with van der Waals surface area (Å²) < 4.78 is 10.6. The van der Waals surface area contributed by atoms with Crippen molar-refractivity contribution in [3.63, 3.8) is 0 Å². The molecule has 0 saturated carbocycles. The van der Waals surface area contributed by atoms with E-state index in [9.17, 15) is 5.11 Å². The first kappa shape index (κ1) is 23.9. The number of nitrogens with one attached hydrogen (secondary N) is 2. The Balaban J connectivity index is 0.00000392. The van der Waals surface area contributed by atoms with Crippen LogP contribution < -0.4 is 20.1 Å². The molecular formula is C21H30IN3O3.